The lowest BCUT2D eigenvalue weighted by Gasteiger charge is -2.00. The third-order valence-electron chi connectivity index (χ3n) is 3.13. The average molecular weight is 309 g/mol. The SMILES string of the molecule is [B](Oc1cc2ccccc2s1)Oc1cc2ccccc2s1. The van der Waals surface area contributed by atoms with Crippen molar-refractivity contribution in [2.45, 2.75) is 0 Å². The van der Waals surface area contributed by atoms with Crippen LogP contribution in [0.3, 0.4) is 0 Å². The van der Waals surface area contributed by atoms with E-state index in [0.29, 0.717) is 0 Å². The number of fused-ring (bicyclic) bond motifs is 2. The van der Waals surface area contributed by atoms with E-state index in [9.17, 15) is 0 Å². The highest BCUT2D eigenvalue weighted by atomic mass is 32.1. The molecule has 0 aliphatic rings. The standard InChI is InChI=1S/C16H10BO2S2/c1-3-7-13-11(5-1)9-15(20-13)18-17-19-16-10-12-6-2-4-8-14(12)21-16/h1-10H. The van der Waals surface area contributed by atoms with Crippen LogP contribution in [0.2, 0.25) is 0 Å². The minimum absolute atomic E-state index is 0.831. The molecule has 0 aliphatic heterocycles. The van der Waals surface area contributed by atoms with Crippen molar-refractivity contribution in [3.8, 4) is 10.1 Å². The van der Waals surface area contributed by atoms with Crippen molar-refractivity contribution in [1.82, 2.24) is 0 Å². The molecule has 0 aliphatic carbocycles. The molecule has 0 fully saturated rings. The molecule has 0 atom stereocenters. The first kappa shape index (κ1) is 12.7. The third kappa shape index (κ3) is 2.62. The highest BCUT2D eigenvalue weighted by Gasteiger charge is 2.07. The Bertz CT molecular complexity index is 757. The number of hydrogen-bond donors (Lipinski definition) is 0. The van der Waals surface area contributed by atoms with Crippen molar-refractivity contribution >= 4 is 50.5 Å². The van der Waals surface area contributed by atoms with Crippen molar-refractivity contribution in [3.05, 3.63) is 60.7 Å². The van der Waals surface area contributed by atoms with Gasteiger partial charge in [0.2, 0.25) is 0 Å². The van der Waals surface area contributed by atoms with E-state index in [0.717, 1.165) is 10.1 Å². The molecule has 21 heavy (non-hydrogen) atoms. The zero-order valence-electron chi connectivity index (χ0n) is 11.0. The van der Waals surface area contributed by atoms with Crippen LogP contribution < -0.4 is 9.31 Å². The van der Waals surface area contributed by atoms with Gasteiger partial charge in [0.15, 0.2) is 10.1 Å². The second-order valence-electron chi connectivity index (χ2n) is 4.54. The van der Waals surface area contributed by atoms with Crippen LogP contribution >= 0.6 is 22.7 Å². The van der Waals surface area contributed by atoms with Gasteiger partial charge in [-0.1, -0.05) is 36.4 Å². The molecule has 0 saturated heterocycles. The van der Waals surface area contributed by atoms with E-state index in [1.54, 1.807) is 22.7 Å². The summed E-state index contributed by atoms with van der Waals surface area (Å²) in [5.74, 6) is 0. The second-order valence-corrected chi connectivity index (χ2v) is 6.63. The molecule has 0 amide bonds. The largest absolute Gasteiger partial charge is 0.659 e. The van der Waals surface area contributed by atoms with Gasteiger partial charge < -0.3 is 9.31 Å². The Kier molecular flexibility index (Phi) is 3.29. The summed E-state index contributed by atoms with van der Waals surface area (Å²) in [5, 5.41) is 4.04. The predicted octanol–water partition coefficient (Wildman–Crippen LogP) is 5.11. The van der Waals surface area contributed by atoms with E-state index in [4.69, 9.17) is 9.31 Å². The third-order valence-corrected chi connectivity index (χ3v) is 5.15. The van der Waals surface area contributed by atoms with Crippen LogP contribution in [-0.4, -0.2) is 7.69 Å². The van der Waals surface area contributed by atoms with Crippen LogP contribution in [0, 0.1) is 0 Å². The molecule has 0 N–H and O–H groups in total. The van der Waals surface area contributed by atoms with Gasteiger partial charge in [0.1, 0.15) is 0 Å². The molecule has 2 aromatic carbocycles. The van der Waals surface area contributed by atoms with Gasteiger partial charge in [-0.15, -0.1) is 22.7 Å². The molecule has 4 rings (SSSR count). The zero-order valence-corrected chi connectivity index (χ0v) is 12.6. The fourth-order valence-corrected chi connectivity index (χ4v) is 3.91. The minimum atomic E-state index is 0.831. The van der Waals surface area contributed by atoms with E-state index in [-0.39, 0.29) is 0 Å². The van der Waals surface area contributed by atoms with Gasteiger partial charge in [-0.3, -0.25) is 0 Å². The van der Waals surface area contributed by atoms with E-state index in [2.05, 4.69) is 24.3 Å². The summed E-state index contributed by atoms with van der Waals surface area (Å²) in [5.41, 5.74) is 0. The summed E-state index contributed by atoms with van der Waals surface area (Å²) in [4.78, 5) is 0. The van der Waals surface area contributed by atoms with Crippen LogP contribution in [0.5, 0.6) is 10.1 Å². The fourth-order valence-electron chi connectivity index (χ4n) is 2.15. The Balaban J connectivity index is 1.44. The molecular weight excluding hydrogens is 299 g/mol. The summed E-state index contributed by atoms with van der Waals surface area (Å²) in [6.07, 6.45) is 0. The van der Waals surface area contributed by atoms with E-state index >= 15 is 0 Å². The predicted molar refractivity (Wildman–Crippen MR) is 90.7 cm³/mol. The Hall–Kier alpha value is -1.98. The summed E-state index contributed by atoms with van der Waals surface area (Å²) in [7, 11) is 1.40. The van der Waals surface area contributed by atoms with Crippen LogP contribution in [0.25, 0.3) is 20.2 Å². The Labute approximate surface area is 130 Å². The maximum absolute atomic E-state index is 5.57. The summed E-state index contributed by atoms with van der Waals surface area (Å²) in [6.45, 7) is 0. The van der Waals surface area contributed by atoms with Crippen molar-refractivity contribution in [2.75, 3.05) is 0 Å². The Morgan fingerprint density at radius 3 is 1.62 bits per heavy atom. The maximum atomic E-state index is 5.57. The van der Waals surface area contributed by atoms with E-state index in [1.165, 1.54) is 27.9 Å². The minimum Gasteiger partial charge on any atom is -0.519 e. The van der Waals surface area contributed by atoms with Crippen LogP contribution in [0.4, 0.5) is 0 Å². The lowest BCUT2D eigenvalue weighted by molar-refractivity contribution is 0.474. The lowest BCUT2D eigenvalue weighted by atomic mass is 10.3. The van der Waals surface area contributed by atoms with E-state index in [1.807, 2.05) is 36.4 Å². The number of rotatable bonds is 4. The van der Waals surface area contributed by atoms with Crippen LogP contribution in [0.15, 0.2) is 60.7 Å². The van der Waals surface area contributed by atoms with Crippen molar-refractivity contribution in [2.24, 2.45) is 0 Å². The summed E-state index contributed by atoms with van der Waals surface area (Å²) < 4.78 is 13.6. The molecule has 2 aromatic heterocycles. The molecule has 1 radical (unpaired) electrons. The molecule has 5 heteroatoms. The molecule has 4 aromatic rings. The molecule has 2 nitrogen and oxygen atoms in total. The summed E-state index contributed by atoms with van der Waals surface area (Å²) in [6, 6.07) is 20.5. The van der Waals surface area contributed by atoms with Gasteiger partial charge in [-0.25, -0.2) is 0 Å². The maximum Gasteiger partial charge on any atom is 0.659 e. The smallest absolute Gasteiger partial charge is 0.519 e. The Morgan fingerprint density at radius 1 is 0.667 bits per heavy atom. The number of benzene rings is 2. The van der Waals surface area contributed by atoms with Crippen LogP contribution in [-0.2, 0) is 0 Å². The molecule has 0 bridgehead atoms. The summed E-state index contributed by atoms with van der Waals surface area (Å²) >= 11 is 3.21. The van der Waals surface area contributed by atoms with Gasteiger partial charge in [-0.2, -0.15) is 0 Å². The molecular formula is C16H10BO2S2. The van der Waals surface area contributed by atoms with Gasteiger partial charge >= 0.3 is 7.69 Å². The second kappa shape index (κ2) is 5.43. The fraction of sp³-hybridized carbons (Fsp3) is 0. The van der Waals surface area contributed by atoms with Crippen molar-refractivity contribution in [3.63, 3.8) is 0 Å². The number of thiophene rings is 2. The lowest BCUT2D eigenvalue weighted by Crippen LogP contribution is -2.08. The monoisotopic (exact) mass is 309 g/mol. The van der Waals surface area contributed by atoms with Gasteiger partial charge in [0.25, 0.3) is 0 Å². The molecule has 101 valence electrons. The molecule has 0 saturated carbocycles. The van der Waals surface area contributed by atoms with Gasteiger partial charge in [0.05, 0.1) is 0 Å². The van der Waals surface area contributed by atoms with Crippen molar-refractivity contribution < 1.29 is 9.31 Å². The topological polar surface area (TPSA) is 18.5 Å². The van der Waals surface area contributed by atoms with Crippen molar-refractivity contribution in [1.29, 1.82) is 0 Å². The normalized spacial score (nSPS) is 10.9. The molecule has 2 heterocycles. The van der Waals surface area contributed by atoms with E-state index < -0.39 is 0 Å². The molecule has 0 spiro atoms. The van der Waals surface area contributed by atoms with Gasteiger partial charge in [-0.05, 0) is 35.0 Å². The average Bonchev–Trinajstić information content (AvgIpc) is 3.09. The Morgan fingerprint density at radius 2 is 1.14 bits per heavy atom. The first-order valence-electron chi connectivity index (χ1n) is 6.51. The first-order valence-corrected chi connectivity index (χ1v) is 8.14. The number of hydrogen-bond acceptors (Lipinski definition) is 4. The first-order chi connectivity index (χ1) is 10.4. The quantitative estimate of drug-likeness (QED) is 0.488. The molecule has 0 unspecified atom stereocenters. The van der Waals surface area contributed by atoms with Crippen LogP contribution in [0.1, 0.15) is 0 Å². The highest BCUT2D eigenvalue weighted by Crippen LogP contribution is 2.33. The zero-order chi connectivity index (χ0) is 14.1. The highest BCUT2D eigenvalue weighted by molar-refractivity contribution is 7.21. The van der Waals surface area contributed by atoms with Gasteiger partial charge in [0, 0.05) is 9.40 Å².